The molecule has 26 heavy (non-hydrogen) atoms. The SMILES string of the molecule is O=[N+]([O-])c1ccc(CCO[P+](=O)OCCc2ccc([N+](=O)[O-])cc2)cc1. The van der Waals surface area contributed by atoms with Crippen LogP contribution >= 0.6 is 8.25 Å². The topological polar surface area (TPSA) is 122 Å². The van der Waals surface area contributed by atoms with Crippen molar-refractivity contribution in [3.8, 4) is 0 Å². The quantitative estimate of drug-likeness (QED) is 0.348. The van der Waals surface area contributed by atoms with Crippen LogP contribution in [0.15, 0.2) is 48.5 Å². The Kier molecular flexibility index (Phi) is 7.28. The minimum Gasteiger partial charge on any atom is -0.258 e. The summed E-state index contributed by atoms with van der Waals surface area (Å²) in [5.41, 5.74) is 1.67. The lowest BCUT2D eigenvalue weighted by Gasteiger charge is -1.98. The van der Waals surface area contributed by atoms with Crippen molar-refractivity contribution in [2.75, 3.05) is 13.2 Å². The summed E-state index contributed by atoms with van der Waals surface area (Å²) in [6, 6.07) is 12.1. The smallest absolute Gasteiger partial charge is 0.258 e. The summed E-state index contributed by atoms with van der Waals surface area (Å²) in [6.07, 6.45) is 0.898. The highest BCUT2D eigenvalue weighted by molar-refractivity contribution is 7.33. The molecule has 2 aromatic rings. The fourth-order valence-corrected chi connectivity index (χ4v) is 2.64. The van der Waals surface area contributed by atoms with Crippen LogP contribution < -0.4 is 0 Å². The van der Waals surface area contributed by atoms with E-state index in [-0.39, 0.29) is 24.6 Å². The molecule has 9 nitrogen and oxygen atoms in total. The molecule has 0 atom stereocenters. The number of hydrogen-bond donors (Lipinski definition) is 0. The molecule has 0 N–H and O–H groups in total. The van der Waals surface area contributed by atoms with Gasteiger partial charge in [-0.25, -0.2) is 0 Å². The van der Waals surface area contributed by atoms with Gasteiger partial charge >= 0.3 is 8.25 Å². The highest BCUT2D eigenvalue weighted by Gasteiger charge is 2.20. The van der Waals surface area contributed by atoms with E-state index in [4.69, 9.17) is 9.05 Å². The first-order valence-corrected chi connectivity index (χ1v) is 8.75. The van der Waals surface area contributed by atoms with Crippen molar-refractivity contribution in [1.29, 1.82) is 0 Å². The average molecular weight is 379 g/mol. The molecule has 0 aliphatic heterocycles. The Balaban J connectivity index is 1.65. The summed E-state index contributed by atoms with van der Waals surface area (Å²) in [5, 5.41) is 21.1. The van der Waals surface area contributed by atoms with E-state index in [0.717, 1.165) is 11.1 Å². The van der Waals surface area contributed by atoms with Crippen LogP contribution in [0.2, 0.25) is 0 Å². The van der Waals surface area contributed by atoms with Crippen LogP contribution in [0.3, 0.4) is 0 Å². The minimum absolute atomic E-state index is 0.00956. The van der Waals surface area contributed by atoms with Crippen LogP contribution in [0.25, 0.3) is 0 Å². The second-order valence-electron chi connectivity index (χ2n) is 5.24. The molecule has 0 spiro atoms. The van der Waals surface area contributed by atoms with E-state index >= 15 is 0 Å². The Morgan fingerprint density at radius 3 is 1.38 bits per heavy atom. The van der Waals surface area contributed by atoms with Crippen molar-refractivity contribution in [2.24, 2.45) is 0 Å². The van der Waals surface area contributed by atoms with Crippen LogP contribution in [-0.4, -0.2) is 23.1 Å². The van der Waals surface area contributed by atoms with Crippen molar-refractivity contribution >= 4 is 19.6 Å². The zero-order valence-corrected chi connectivity index (χ0v) is 14.5. The van der Waals surface area contributed by atoms with Crippen LogP contribution in [0.4, 0.5) is 11.4 Å². The van der Waals surface area contributed by atoms with Gasteiger partial charge in [0.05, 0.1) is 9.85 Å². The minimum atomic E-state index is -2.27. The predicted octanol–water partition coefficient (Wildman–Crippen LogP) is 3.98. The second kappa shape index (κ2) is 9.67. The maximum Gasteiger partial charge on any atom is 0.697 e. The molecule has 10 heteroatoms. The molecule has 136 valence electrons. The van der Waals surface area contributed by atoms with Gasteiger partial charge in [0.25, 0.3) is 11.4 Å². The van der Waals surface area contributed by atoms with Gasteiger partial charge in [-0.2, -0.15) is 0 Å². The third-order valence-corrected chi connectivity index (χ3v) is 4.26. The summed E-state index contributed by atoms with van der Waals surface area (Å²) >= 11 is 0. The molecule has 0 saturated carbocycles. The van der Waals surface area contributed by atoms with E-state index < -0.39 is 18.1 Å². The molecule has 0 unspecified atom stereocenters. The summed E-state index contributed by atoms with van der Waals surface area (Å²) in [5.74, 6) is 0. The molecular formula is C16H16N2O7P+. The fourth-order valence-electron chi connectivity index (χ4n) is 2.08. The number of nitro benzene ring substituents is 2. The van der Waals surface area contributed by atoms with Crippen LogP contribution in [0, 0.1) is 20.2 Å². The number of nitrogens with zero attached hydrogens (tertiary/aromatic N) is 2. The Morgan fingerprint density at radius 2 is 1.08 bits per heavy atom. The van der Waals surface area contributed by atoms with Gasteiger partial charge in [0.2, 0.25) is 0 Å². The van der Waals surface area contributed by atoms with E-state index in [2.05, 4.69) is 0 Å². The van der Waals surface area contributed by atoms with E-state index in [1.54, 1.807) is 24.3 Å². The highest BCUT2D eigenvalue weighted by atomic mass is 31.1. The summed E-state index contributed by atoms with van der Waals surface area (Å²) in [4.78, 5) is 20.2. The number of rotatable bonds is 10. The van der Waals surface area contributed by atoms with E-state index in [0.29, 0.717) is 12.8 Å². The first kappa shape index (κ1) is 19.6. The van der Waals surface area contributed by atoms with Gasteiger partial charge in [0.15, 0.2) is 0 Å². The molecule has 0 aliphatic rings. The zero-order valence-electron chi connectivity index (χ0n) is 13.6. The molecule has 0 aliphatic carbocycles. The number of benzene rings is 2. The Labute approximate surface area is 149 Å². The van der Waals surface area contributed by atoms with E-state index in [1.165, 1.54) is 24.3 Å². The fraction of sp³-hybridized carbons (Fsp3) is 0.250. The maximum absolute atomic E-state index is 11.6. The van der Waals surface area contributed by atoms with Gasteiger partial charge in [0, 0.05) is 41.7 Å². The molecule has 0 aromatic heterocycles. The lowest BCUT2D eigenvalue weighted by Crippen LogP contribution is -1.98. The standard InChI is InChI=1S/C16H16N2O7P/c19-17(20)15-5-1-13(2-6-15)9-11-24-26(23)25-12-10-14-3-7-16(8-4-14)18(21)22/h1-8H,9-12H2/q+1. The summed E-state index contributed by atoms with van der Waals surface area (Å²) in [7, 11) is -2.27. The highest BCUT2D eigenvalue weighted by Crippen LogP contribution is 2.24. The second-order valence-corrected chi connectivity index (χ2v) is 6.20. The van der Waals surface area contributed by atoms with Gasteiger partial charge in [-0.15, -0.1) is 9.05 Å². The van der Waals surface area contributed by atoms with Crippen LogP contribution in [0.1, 0.15) is 11.1 Å². The van der Waals surface area contributed by atoms with Gasteiger partial charge in [-0.3, -0.25) is 20.2 Å². The Hall–Kier alpha value is -2.74. The molecule has 0 saturated heterocycles. The van der Waals surface area contributed by atoms with Gasteiger partial charge in [-0.1, -0.05) is 24.3 Å². The van der Waals surface area contributed by atoms with Crippen molar-refractivity contribution in [3.05, 3.63) is 79.9 Å². The summed E-state index contributed by atoms with van der Waals surface area (Å²) in [6.45, 7) is 0.315. The van der Waals surface area contributed by atoms with E-state index in [1.807, 2.05) is 0 Å². The normalized spacial score (nSPS) is 10.5. The Morgan fingerprint density at radius 1 is 0.731 bits per heavy atom. The lowest BCUT2D eigenvalue weighted by molar-refractivity contribution is -0.385. The van der Waals surface area contributed by atoms with Crippen LogP contribution in [0.5, 0.6) is 0 Å². The van der Waals surface area contributed by atoms with Gasteiger partial charge < -0.3 is 0 Å². The first-order chi connectivity index (χ1) is 12.5. The third kappa shape index (κ3) is 6.29. The number of non-ortho nitro benzene ring substituents is 2. The van der Waals surface area contributed by atoms with Gasteiger partial charge in [0.1, 0.15) is 13.2 Å². The van der Waals surface area contributed by atoms with Crippen molar-refractivity contribution in [3.63, 3.8) is 0 Å². The third-order valence-electron chi connectivity index (χ3n) is 3.47. The van der Waals surface area contributed by atoms with Crippen molar-refractivity contribution in [2.45, 2.75) is 12.8 Å². The first-order valence-electron chi connectivity index (χ1n) is 7.65. The van der Waals surface area contributed by atoms with Crippen molar-refractivity contribution in [1.82, 2.24) is 0 Å². The Bertz CT molecular complexity index is 713. The molecule has 0 heterocycles. The number of nitro groups is 2. The predicted molar refractivity (Wildman–Crippen MR) is 93.1 cm³/mol. The zero-order chi connectivity index (χ0) is 18.9. The lowest BCUT2D eigenvalue weighted by atomic mass is 10.1. The average Bonchev–Trinajstić information content (AvgIpc) is 2.62. The van der Waals surface area contributed by atoms with Crippen LogP contribution in [-0.2, 0) is 26.5 Å². The maximum atomic E-state index is 11.6. The van der Waals surface area contributed by atoms with Gasteiger partial charge in [-0.05, 0) is 11.1 Å². The molecule has 0 fully saturated rings. The largest absolute Gasteiger partial charge is 0.697 e. The molecule has 2 aromatic carbocycles. The molecule has 0 radical (unpaired) electrons. The monoisotopic (exact) mass is 379 g/mol. The molecule has 0 bridgehead atoms. The molecular weight excluding hydrogens is 363 g/mol. The van der Waals surface area contributed by atoms with Crippen molar-refractivity contribution < 1.29 is 23.5 Å². The molecule has 2 rings (SSSR count). The summed E-state index contributed by atoms with van der Waals surface area (Å²) < 4.78 is 21.8. The van der Waals surface area contributed by atoms with E-state index in [9.17, 15) is 24.8 Å². The molecule has 0 amide bonds. The number of hydrogen-bond acceptors (Lipinski definition) is 7.